The maximum atomic E-state index is 12.3. The van der Waals surface area contributed by atoms with E-state index in [0.29, 0.717) is 6.07 Å². The fourth-order valence-corrected chi connectivity index (χ4v) is 3.67. The van der Waals surface area contributed by atoms with Crippen LogP contribution in [0.5, 0.6) is 0 Å². The highest BCUT2D eigenvalue weighted by atomic mass is 19.4. The normalized spacial score (nSPS) is 14.9. The molecule has 0 aromatic heterocycles. The van der Waals surface area contributed by atoms with Gasteiger partial charge >= 0.3 is 6.18 Å². The number of nitro groups is 1. The van der Waals surface area contributed by atoms with Crippen LogP contribution >= 0.6 is 0 Å². The predicted molar refractivity (Wildman–Crippen MR) is 121 cm³/mol. The average molecular weight is 434 g/mol. The summed E-state index contributed by atoms with van der Waals surface area (Å²) < 4.78 is 36.8. The highest BCUT2D eigenvalue weighted by molar-refractivity contribution is 5.40. The predicted octanol–water partition coefficient (Wildman–Crippen LogP) is 9.08. The zero-order chi connectivity index (χ0) is 24.1. The Balaban J connectivity index is 0. The lowest BCUT2D eigenvalue weighted by Gasteiger charge is -2.29. The van der Waals surface area contributed by atoms with Gasteiger partial charge in [0.2, 0.25) is 0 Å². The second kappa shape index (κ2) is 15.2. The molecule has 0 aliphatic rings. The van der Waals surface area contributed by atoms with Crippen molar-refractivity contribution < 1.29 is 18.1 Å². The SMILES string of the molecule is CC.CCC(C)CC(C)C(CC)C(C)CC.Cc1ccc([N+](=O)[O-])cc1C(F)(F)F. The van der Waals surface area contributed by atoms with Crippen LogP contribution in [0.2, 0.25) is 0 Å². The number of nitro benzene ring substituents is 1. The molecule has 0 saturated heterocycles. The first-order valence-electron chi connectivity index (χ1n) is 11.2. The van der Waals surface area contributed by atoms with Crippen molar-refractivity contribution >= 4 is 5.69 Å². The quantitative estimate of drug-likeness (QED) is 0.303. The van der Waals surface area contributed by atoms with Crippen LogP contribution in [0.4, 0.5) is 18.9 Å². The van der Waals surface area contributed by atoms with Crippen molar-refractivity contribution in [3.63, 3.8) is 0 Å². The Bertz CT molecular complexity index is 603. The molecule has 4 atom stereocenters. The van der Waals surface area contributed by atoms with Crippen LogP contribution in [0.25, 0.3) is 0 Å². The Morgan fingerprint density at radius 2 is 1.50 bits per heavy atom. The van der Waals surface area contributed by atoms with Crippen LogP contribution in [-0.4, -0.2) is 4.92 Å². The molecular weight excluding hydrogens is 391 g/mol. The summed E-state index contributed by atoms with van der Waals surface area (Å²) in [6, 6.07) is 2.67. The number of alkyl halides is 3. The fourth-order valence-electron chi connectivity index (χ4n) is 3.67. The molecular formula is C24H42F3NO2. The minimum absolute atomic E-state index is 0.0249. The van der Waals surface area contributed by atoms with Gasteiger partial charge in [-0.2, -0.15) is 13.2 Å². The Labute approximate surface area is 181 Å². The van der Waals surface area contributed by atoms with E-state index in [1.165, 1.54) is 32.6 Å². The number of nitrogens with zero attached hydrogens (tertiary/aromatic N) is 1. The molecule has 1 aromatic rings. The third kappa shape index (κ3) is 11.0. The van der Waals surface area contributed by atoms with Gasteiger partial charge in [-0.25, -0.2) is 0 Å². The molecule has 0 amide bonds. The minimum atomic E-state index is -4.55. The number of non-ortho nitro benzene ring substituents is 1. The van der Waals surface area contributed by atoms with E-state index in [1.54, 1.807) is 0 Å². The molecule has 0 aliphatic carbocycles. The molecule has 0 fully saturated rings. The van der Waals surface area contributed by atoms with E-state index >= 15 is 0 Å². The van der Waals surface area contributed by atoms with Crippen molar-refractivity contribution in [2.45, 2.75) is 94.2 Å². The van der Waals surface area contributed by atoms with Crippen LogP contribution in [0, 0.1) is 40.7 Å². The van der Waals surface area contributed by atoms with E-state index in [4.69, 9.17) is 0 Å². The zero-order valence-electron chi connectivity index (χ0n) is 20.3. The second-order valence-electron chi connectivity index (χ2n) is 7.94. The molecule has 4 unspecified atom stereocenters. The molecule has 0 saturated carbocycles. The van der Waals surface area contributed by atoms with Crippen molar-refractivity contribution in [1.82, 2.24) is 0 Å². The number of rotatable bonds is 8. The van der Waals surface area contributed by atoms with E-state index in [1.807, 2.05) is 13.8 Å². The van der Waals surface area contributed by atoms with E-state index in [9.17, 15) is 23.3 Å². The third-order valence-electron chi connectivity index (χ3n) is 5.79. The van der Waals surface area contributed by atoms with Gasteiger partial charge in [-0.3, -0.25) is 10.1 Å². The van der Waals surface area contributed by atoms with Gasteiger partial charge in [0.1, 0.15) is 0 Å². The Morgan fingerprint density at radius 3 is 1.87 bits per heavy atom. The van der Waals surface area contributed by atoms with Crippen molar-refractivity contribution in [2.75, 3.05) is 0 Å². The maximum Gasteiger partial charge on any atom is 0.416 e. The molecule has 0 bridgehead atoms. The van der Waals surface area contributed by atoms with Crippen molar-refractivity contribution in [3.8, 4) is 0 Å². The van der Waals surface area contributed by atoms with Gasteiger partial charge in [-0.05, 0) is 42.6 Å². The smallest absolute Gasteiger partial charge is 0.258 e. The molecule has 1 aromatic carbocycles. The lowest BCUT2D eigenvalue weighted by atomic mass is 9.76. The molecule has 0 radical (unpaired) electrons. The van der Waals surface area contributed by atoms with E-state index in [-0.39, 0.29) is 5.56 Å². The maximum absolute atomic E-state index is 12.3. The highest BCUT2D eigenvalue weighted by Crippen LogP contribution is 2.34. The second-order valence-corrected chi connectivity index (χ2v) is 7.94. The Morgan fingerprint density at radius 1 is 0.967 bits per heavy atom. The molecule has 30 heavy (non-hydrogen) atoms. The fraction of sp³-hybridized carbons (Fsp3) is 0.750. The van der Waals surface area contributed by atoms with Crippen LogP contribution in [0.1, 0.15) is 92.2 Å². The molecule has 6 heteroatoms. The summed E-state index contributed by atoms with van der Waals surface area (Å²) in [5, 5.41) is 10.2. The zero-order valence-corrected chi connectivity index (χ0v) is 20.3. The summed E-state index contributed by atoms with van der Waals surface area (Å²) in [6.45, 7) is 19.5. The Hall–Kier alpha value is -1.59. The molecule has 3 nitrogen and oxygen atoms in total. The summed E-state index contributed by atoms with van der Waals surface area (Å²) in [6.07, 6.45) is 0.896. The van der Waals surface area contributed by atoms with E-state index < -0.39 is 22.4 Å². The van der Waals surface area contributed by atoms with E-state index in [0.717, 1.165) is 35.8 Å². The number of benzene rings is 1. The first-order chi connectivity index (χ1) is 13.9. The summed E-state index contributed by atoms with van der Waals surface area (Å²) in [5.41, 5.74) is -1.54. The number of aryl methyl sites for hydroxylation is 1. The van der Waals surface area contributed by atoms with Crippen LogP contribution < -0.4 is 0 Å². The lowest BCUT2D eigenvalue weighted by molar-refractivity contribution is -0.385. The van der Waals surface area contributed by atoms with Crippen molar-refractivity contribution in [2.24, 2.45) is 23.7 Å². The lowest BCUT2D eigenvalue weighted by Crippen LogP contribution is -2.20. The van der Waals surface area contributed by atoms with Gasteiger partial charge < -0.3 is 0 Å². The van der Waals surface area contributed by atoms with Gasteiger partial charge in [0, 0.05) is 12.1 Å². The summed E-state index contributed by atoms with van der Waals surface area (Å²) in [5.74, 6) is 3.65. The standard InChI is InChI=1S/C14H30.C8H6F3NO2.C2H6/c1-7-11(4)10-13(6)14(9-3)12(5)8-2;1-5-2-3-6(12(13)14)4-7(5)8(9,10)11;1-2/h11-14H,7-10H2,1-6H3;2-4H,1H3;1-2H3. The third-order valence-corrected chi connectivity index (χ3v) is 5.79. The van der Waals surface area contributed by atoms with Gasteiger partial charge in [0.25, 0.3) is 5.69 Å². The average Bonchev–Trinajstić information content (AvgIpc) is 2.69. The van der Waals surface area contributed by atoms with Gasteiger partial charge in [0.05, 0.1) is 10.5 Å². The summed E-state index contributed by atoms with van der Waals surface area (Å²) in [7, 11) is 0. The number of hydrogen-bond donors (Lipinski definition) is 0. The van der Waals surface area contributed by atoms with Crippen LogP contribution in [-0.2, 0) is 6.18 Å². The monoisotopic (exact) mass is 433 g/mol. The van der Waals surface area contributed by atoms with Crippen molar-refractivity contribution in [1.29, 1.82) is 0 Å². The summed E-state index contributed by atoms with van der Waals surface area (Å²) >= 11 is 0. The Kier molecular flexibility index (Phi) is 15.6. The molecule has 0 spiro atoms. The van der Waals surface area contributed by atoms with Crippen molar-refractivity contribution in [3.05, 3.63) is 39.4 Å². The molecule has 0 aliphatic heterocycles. The first kappa shape index (κ1) is 30.6. The van der Waals surface area contributed by atoms with Gasteiger partial charge in [-0.15, -0.1) is 0 Å². The van der Waals surface area contributed by atoms with Crippen LogP contribution in [0.3, 0.4) is 0 Å². The molecule has 0 N–H and O–H groups in total. The summed E-state index contributed by atoms with van der Waals surface area (Å²) in [4.78, 5) is 9.38. The number of hydrogen-bond acceptors (Lipinski definition) is 2. The van der Waals surface area contributed by atoms with Gasteiger partial charge in [0.15, 0.2) is 0 Å². The topological polar surface area (TPSA) is 43.1 Å². The number of halogens is 3. The highest BCUT2D eigenvalue weighted by Gasteiger charge is 2.33. The molecule has 0 heterocycles. The largest absolute Gasteiger partial charge is 0.416 e. The first-order valence-corrected chi connectivity index (χ1v) is 11.2. The van der Waals surface area contributed by atoms with Crippen LogP contribution in [0.15, 0.2) is 18.2 Å². The molecule has 176 valence electrons. The van der Waals surface area contributed by atoms with E-state index in [2.05, 4.69) is 41.5 Å². The molecule has 1 rings (SSSR count). The minimum Gasteiger partial charge on any atom is -0.258 e. The van der Waals surface area contributed by atoms with Gasteiger partial charge in [-0.1, -0.05) is 80.7 Å².